The number of phenols is 1. The average molecular weight is 276 g/mol. The summed E-state index contributed by atoms with van der Waals surface area (Å²) in [6.45, 7) is 2.34. The monoisotopic (exact) mass is 276 g/mol. The highest BCUT2D eigenvalue weighted by atomic mass is 19.1. The number of hydrogen-bond acceptors (Lipinski definition) is 4. The van der Waals surface area contributed by atoms with Crippen LogP contribution in [0.2, 0.25) is 0 Å². The van der Waals surface area contributed by atoms with Crippen molar-refractivity contribution in [2.75, 3.05) is 11.9 Å². The first-order valence-electron chi connectivity index (χ1n) is 5.99. The van der Waals surface area contributed by atoms with Gasteiger partial charge in [0.1, 0.15) is 11.6 Å². The van der Waals surface area contributed by atoms with Crippen LogP contribution >= 0.6 is 0 Å². The molecule has 6 heteroatoms. The number of aromatic hydroxyl groups is 1. The number of aromatic nitrogens is 1. The summed E-state index contributed by atoms with van der Waals surface area (Å²) in [5.41, 5.74) is 0.433. The lowest BCUT2D eigenvalue weighted by Gasteiger charge is -2.07. The standard InChI is InChI=1S/C14H13FN2O3/c1-2-20-13-6-4-10(8-16-13)17-14(19)11-5-3-9(15)7-12(11)18/h3-8,18H,2H2,1H3,(H,17,19). The second kappa shape index (κ2) is 6.01. The van der Waals surface area contributed by atoms with Crippen molar-refractivity contribution in [2.45, 2.75) is 6.92 Å². The lowest BCUT2D eigenvalue weighted by Crippen LogP contribution is -2.12. The third-order valence-electron chi connectivity index (χ3n) is 2.49. The summed E-state index contributed by atoms with van der Waals surface area (Å²) in [6.07, 6.45) is 1.43. The van der Waals surface area contributed by atoms with Crippen molar-refractivity contribution in [3.05, 3.63) is 47.9 Å². The number of hydrogen-bond donors (Lipinski definition) is 2. The zero-order chi connectivity index (χ0) is 14.5. The van der Waals surface area contributed by atoms with Crippen molar-refractivity contribution in [1.82, 2.24) is 4.98 Å². The van der Waals surface area contributed by atoms with Crippen LogP contribution in [0.4, 0.5) is 10.1 Å². The van der Waals surface area contributed by atoms with Gasteiger partial charge in [-0.25, -0.2) is 9.37 Å². The Labute approximate surface area is 115 Å². The fourth-order valence-electron chi connectivity index (χ4n) is 1.58. The van der Waals surface area contributed by atoms with E-state index < -0.39 is 17.5 Å². The number of amides is 1. The first kappa shape index (κ1) is 13.8. The molecular formula is C14H13FN2O3. The third kappa shape index (κ3) is 3.23. The third-order valence-corrected chi connectivity index (χ3v) is 2.49. The van der Waals surface area contributed by atoms with Crippen LogP contribution in [-0.4, -0.2) is 22.6 Å². The smallest absolute Gasteiger partial charge is 0.259 e. The molecule has 1 heterocycles. The van der Waals surface area contributed by atoms with Crippen molar-refractivity contribution in [3.63, 3.8) is 0 Å². The number of pyridine rings is 1. The molecule has 0 fully saturated rings. The number of nitrogens with zero attached hydrogens (tertiary/aromatic N) is 1. The quantitative estimate of drug-likeness (QED) is 0.900. The number of nitrogens with one attached hydrogen (secondary N) is 1. The SMILES string of the molecule is CCOc1ccc(NC(=O)c2ccc(F)cc2O)cn1. The Balaban J connectivity index is 2.11. The molecule has 0 aliphatic heterocycles. The van der Waals surface area contributed by atoms with Crippen LogP contribution in [0.15, 0.2) is 36.5 Å². The predicted molar refractivity (Wildman–Crippen MR) is 71.4 cm³/mol. The summed E-state index contributed by atoms with van der Waals surface area (Å²) in [5, 5.41) is 12.1. The predicted octanol–water partition coefficient (Wildman–Crippen LogP) is 2.58. The van der Waals surface area contributed by atoms with Crippen LogP contribution in [-0.2, 0) is 0 Å². The van der Waals surface area contributed by atoms with E-state index in [4.69, 9.17) is 4.74 Å². The molecule has 0 atom stereocenters. The number of phenolic OH excluding ortho intramolecular Hbond substituents is 1. The van der Waals surface area contributed by atoms with Gasteiger partial charge in [0.25, 0.3) is 5.91 Å². The van der Waals surface area contributed by atoms with Gasteiger partial charge in [0, 0.05) is 12.1 Å². The molecular weight excluding hydrogens is 263 g/mol. The minimum absolute atomic E-state index is 0.0136. The summed E-state index contributed by atoms with van der Waals surface area (Å²) in [5.74, 6) is -1.12. The van der Waals surface area contributed by atoms with E-state index in [1.54, 1.807) is 12.1 Å². The van der Waals surface area contributed by atoms with Crippen molar-refractivity contribution < 1.29 is 19.0 Å². The van der Waals surface area contributed by atoms with Crippen LogP contribution in [0.1, 0.15) is 17.3 Å². The number of carbonyl (C=O) groups is 1. The van der Waals surface area contributed by atoms with Crippen LogP contribution < -0.4 is 10.1 Å². The molecule has 0 aliphatic rings. The molecule has 0 radical (unpaired) electrons. The number of ether oxygens (including phenoxy) is 1. The van der Waals surface area contributed by atoms with Gasteiger partial charge < -0.3 is 15.2 Å². The average Bonchev–Trinajstić information content (AvgIpc) is 2.41. The topological polar surface area (TPSA) is 71.5 Å². The minimum Gasteiger partial charge on any atom is -0.507 e. The molecule has 1 aromatic carbocycles. The zero-order valence-electron chi connectivity index (χ0n) is 10.8. The van der Waals surface area contributed by atoms with E-state index in [2.05, 4.69) is 10.3 Å². The van der Waals surface area contributed by atoms with Crippen molar-refractivity contribution in [1.29, 1.82) is 0 Å². The van der Waals surface area contributed by atoms with Crippen molar-refractivity contribution >= 4 is 11.6 Å². The molecule has 1 amide bonds. The van der Waals surface area contributed by atoms with Gasteiger partial charge in [-0.3, -0.25) is 4.79 Å². The fraction of sp³-hybridized carbons (Fsp3) is 0.143. The molecule has 0 aliphatic carbocycles. The number of carbonyl (C=O) groups excluding carboxylic acids is 1. The van der Waals surface area contributed by atoms with Gasteiger partial charge >= 0.3 is 0 Å². The van der Waals surface area contributed by atoms with E-state index in [9.17, 15) is 14.3 Å². The van der Waals surface area contributed by atoms with Crippen LogP contribution in [0.25, 0.3) is 0 Å². The number of benzene rings is 1. The molecule has 20 heavy (non-hydrogen) atoms. The zero-order valence-corrected chi connectivity index (χ0v) is 10.8. The van der Waals surface area contributed by atoms with Gasteiger partial charge in [0.05, 0.1) is 24.1 Å². The van der Waals surface area contributed by atoms with Gasteiger partial charge in [-0.05, 0) is 25.1 Å². The van der Waals surface area contributed by atoms with E-state index in [0.29, 0.717) is 18.2 Å². The Bertz CT molecular complexity index is 614. The normalized spacial score (nSPS) is 10.1. The van der Waals surface area contributed by atoms with Gasteiger partial charge in [-0.1, -0.05) is 0 Å². The Morgan fingerprint density at radius 2 is 2.20 bits per heavy atom. The van der Waals surface area contributed by atoms with E-state index in [1.807, 2.05) is 6.92 Å². The molecule has 5 nitrogen and oxygen atoms in total. The largest absolute Gasteiger partial charge is 0.507 e. The summed E-state index contributed by atoms with van der Waals surface area (Å²) < 4.78 is 18.0. The lowest BCUT2D eigenvalue weighted by atomic mass is 10.2. The van der Waals surface area contributed by atoms with Crippen LogP contribution in [0, 0.1) is 5.82 Å². The molecule has 2 N–H and O–H groups in total. The maximum absolute atomic E-state index is 12.8. The maximum Gasteiger partial charge on any atom is 0.259 e. The fourth-order valence-corrected chi connectivity index (χ4v) is 1.58. The highest BCUT2D eigenvalue weighted by Gasteiger charge is 2.12. The number of halogens is 1. The molecule has 0 saturated carbocycles. The molecule has 2 aromatic rings. The van der Waals surface area contributed by atoms with Gasteiger partial charge in [0.2, 0.25) is 5.88 Å². The lowest BCUT2D eigenvalue weighted by molar-refractivity contribution is 0.102. The molecule has 2 rings (SSSR count). The Morgan fingerprint density at radius 3 is 2.80 bits per heavy atom. The summed E-state index contributed by atoms with van der Waals surface area (Å²) in [4.78, 5) is 15.9. The molecule has 1 aromatic heterocycles. The van der Waals surface area contributed by atoms with E-state index in [-0.39, 0.29) is 5.56 Å². The minimum atomic E-state index is -0.609. The highest BCUT2D eigenvalue weighted by Crippen LogP contribution is 2.20. The Kier molecular flexibility index (Phi) is 4.14. The first-order valence-corrected chi connectivity index (χ1v) is 5.99. The summed E-state index contributed by atoms with van der Waals surface area (Å²) >= 11 is 0. The van der Waals surface area contributed by atoms with Crippen molar-refractivity contribution in [2.24, 2.45) is 0 Å². The second-order valence-electron chi connectivity index (χ2n) is 3.93. The van der Waals surface area contributed by atoms with Gasteiger partial charge in [0.15, 0.2) is 0 Å². The highest BCUT2D eigenvalue weighted by molar-refractivity contribution is 6.06. The van der Waals surface area contributed by atoms with Crippen LogP contribution in [0.5, 0.6) is 11.6 Å². The van der Waals surface area contributed by atoms with E-state index >= 15 is 0 Å². The molecule has 0 saturated heterocycles. The molecule has 104 valence electrons. The first-order chi connectivity index (χ1) is 9.60. The maximum atomic E-state index is 12.8. The summed E-state index contributed by atoms with van der Waals surface area (Å²) in [7, 11) is 0. The van der Waals surface area contributed by atoms with Gasteiger partial charge in [-0.15, -0.1) is 0 Å². The van der Waals surface area contributed by atoms with E-state index in [1.165, 1.54) is 12.3 Å². The second-order valence-corrected chi connectivity index (χ2v) is 3.93. The number of anilines is 1. The molecule has 0 spiro atoms. The Hall–Kier alpha value is -2.63. The molecule has 0 bridgehead atoms. The molecule has 0 unspecified atom stereocenters. The van der Waals surface area contributed by atoms with Gasteiger partial charge in [-0.2, -0.15) is 0 Å². The summed E-state index contributed by atoms with van der Waals surface area (Å²) in [6, 6.07) is 6.43. The number of rotatable bonds is 4. The van der Waals surface area contributed by atoms with Crippen molar-refractivity contribution in [3.8, 4) is 11.6 Å². The Morgan fingerprint density at radius 1 is 1.40 bits per heavy atom. The van der Waals surface area contributed by atoms with E-state index in [0.717, 1.165) is 12.1 Å². The van der Waals surface area contributed by atoms with Crippen LogP contribution in [0.3, 0.4) is 0 Å².